The van der Waals surface area contributed by atoms with Crippen molar-refractivity contribution in [3.63, 3.8) is 0 Å². The molecular weight excluding hydrogens is 675 g/mol. The third kappa shape index (κ3) is 4.64. The van der Waals surface area contributed by atoms with Crippen LogP contribution in [-0.4, -0.2) is 4.98 Å². The van der Waals surface area contributed by atoms with E-state index < -0.39 is 10.8 Å². The third-order valence-corrected chi connectivity index (χ3v) is 12.5. The molecule has 1 heteroatoms. The summed E-state index contributed by atoms with van der Waals surface area (Å²) >= 11 is 0. The van der Waals surface area contributed by atoms with Gasteiger partial charge < -0.3 is 0 Å². The molecule has 1 aromatic heterocycles. The lowest BCUT2D eigenvalue weighted by atomic mass is 9.50. The van der Waals surface area contributed by atoms with Crippen LogP contribution in [0.4, 0.5) is 0 Å². The molecule has 0 amide bonds. The Morgan fingerprint density at radius 2 is 0.839 bits per heavy atom. The van der Waals surface area contributed by atoms with Crippen LogP contribution in [0.2, 0.25) is 0 Å². The van der Waals surface area contributed by atoms with Gasteiger partial charge in [-0.25, -0.2) is 4.98 Å². The number of nitrogens with zero attached hydrogens (tertiary/aromatic N) is 1. The Kier molecular flexibility index (Phi) is 7.50. The smallest absolute Gasteiger partial charge is 0.0716 e. The summed E-state index contributed by atoms with van der Waals surface area (Å²) in [6.45, 7) is 0. The molecule has 0 N–H and O–H groups in total. The summed E-state index contributed by atoms with van der Waals surface area (Å²) in [7, 11) is 0. The van der Waals surface area contributed by atoms with Crippen molar-refractivity contribution in [3.05, 3.63) is 262 Å². The lowest BCUT2D eigenvalue weighted by Gasteiger charge is -2.51. The first-order valence-electron chi connectivity index (χ1n) is 19.8. The molecular formula is C55H39N. The van der Waals surface area contributed by atoms with Gasteiger partial charge >= 0.3 is 0 Å². The van der Waals surface area contributed by atoms with Crippen molar-refractivity contribution in [2.75, 3.05) is 0 Å². The lowest BCUT2D eigenvalue weighted by Crippen LogP contribution is -2.45. The minimum Gasteiger partial charge on any atom is -0.248 e. The second-order valence-corrected chi connectivity index (χ2v) is 15.3. The summed E-state index contributed by atoms with van der Waals surface area (Å²) in [6, 6.07) is 76.1. The first-order valence-corrected chi connectivity index (χ1v) is 19.8. The predicted octanol–water partition coefficient (Wildman–Crippen LogP) is 13.3. The Bertz CT molecular complexity index is 2760. The van der Waals surface area contributed by atoms with E-state index in [1.54, 1.807) is 0 Å². The van der Waals surface area contributed by atoms with Crippen molar-refractivity contribution in [2.45, 2.75) is 23.7 Å². The molecule has 1 heterocycles. The lowest BCUT2D eigenvalue weighted by molar-refractivity contribution is 0.588. The number of fused-ring (bicyclic) bond motifs is 5. The van der Waals surface area contributed by atoms with E-state index in [9.17, 15) is 0 Å². The maximum absolute atomic E-state index is 5.30. The zero-order valence-corrected chi connectivity index (χ0v) is 31.1. The average molecular weight is 714 g/mol. The molecule has 7 aromatic carbocycles. The number of rotatable bonds is 6. The molecule has 0 bridgehead atoms. The molecule has 264 valence electrons. The van der Waals surface area contributed by atoms with Crippen LogP contribution in [0.1, 0.15) is 51.8 Å². The topological polar surface area (TPSA) is 12.9 Å². The van der Waals surface area contributed by atoms with Crippen LogP contribution < -0.4 is 0 Å². The van der Waals surface area contributed by atoms with Crippen LogP contribution >= 0.6 is 0 Å². The van der Waals surface area contributed by atoms with Crippen LogP contribution in [-0.2, 0) is 10.8 Å². The van der Waals surface area contributed by atoms with Gasteiger partial charge in [0, 0.05) is 11.1 Å². The van der Waals surface area contributed by atoms with Gasteiger partial charge in [-0.1, -0.05) is 200 Å². The minimum absolute atomic E-state index is 0.413. The van der Waals surface area contributed by atoms with Gasteiger partial charge in [0.2, 0.25) is 0 Å². The highest BCUT2D eigenvalue weighted by atomic mass is 14.7. The molecule has 0 radical (unpaired) electrons. The van der Waals surface area contributed by atoms with Crippen molar-refractivity contribution >= 4 is 5.57 Å². The van der Waals surface area contributed by atoms with E-state index in [1.165, 1.54) is 61.2 Å². The monoisotopic (exact) mass is 713 g/mol. The van der Waals surface area contributed by atoms with E-state index >= 15 is 0 Å². The Hall–Kier alpha value is -6.83. The summed E-state index contributed by atoms with van der Waals surface area (Å²) in [6.07, 6.45) is 4.50. The van der Waals surface area contributed by atoms with Crippen LogP contribution in [0, 0.1) is 0 Å². The van der Waals surface area contributed by atoms with Crippen molar-refractivity contribution in [1.82, 2.24) is 4.98 Å². The Morgan fingerprint density at radius 3 is 1.46 bits per heavy atom. The summed E-state index contributed by atoms with van der Waals surface area (Å²) < 4.78 is 0. The molecule has 3 aliphatic carbocycles. The van der Waals surface area contributed by atoms with Crippen molar-refractivity contribution in [1.29, 1.82) is 0 Å². The number of hydrogen-bond donors (Lipinski definition) is 0. The summed E-state index contributed by atoms with van der Waals surface area (Å²) in [5.41, 5.74) is 19.3. The van der Waals surface area contributed by atoms with Crippen molar-refractivity contribution < 1.29 is 0 Å². The molecule has 0 aliphatic heterocycles. The van der Waals surface area contributed by atoms with Gasteiger partial charge in [-0.3, -0.25) is 0 Å². The Labute approximate surface area is 329 Å². The molecule has 0 saturated carbocycles. The first kappa shape index (κ1) is 32.6. The normalized spacial score (nSPS) is 19.1. The van der Waals surface area contributed by atoms with E-state index in [4.69, 9.17) is 4.98 Å². The largest absolute Gasteiger partial charge is 0.248 e. The Balaban J connectivity index is 1.18. The minimum atomic E-state index is -0.500. The van der Waals surface area contributed by atoms with Crippen LogP contribution in [0.15, 0.2) is 223 Å². The number of hydrogen-bond acceptors (Lipinski definition) is 1. The van der Waals surface area contributed by atoms with Gasteiger partial charge in [-0.05, 0) is 91.8 Å². The molecule has 0 spiro atoms. The summed E-state index contributed by atoms with van der Waals surface area (Å²) in [5.74, 6) is 0. The zero-order valence-electron chi connectivity index (χ0n) is 31.1. The maximum atomic E-state index is 5.30. The maximum Gasteiger partial charge on any atom is 0.0716 e. The fraction of sp³-hybridized carbons (Fsp3) is 0.0727. The molecule has 8 aromatic rings. The number of allylic oxidation sites excluding steroid dienone is 4. The molecule has 0 fully saturated rings. The molecule has 0 saturated heterocycles. The van der Waals surface area contributed by atoms with E-state index in [0.717, 1.165) is 40.9 Å². The molecule has 2 atom stereocenters. The third-order valence-electron chi connectivity index (χ3n) is 12.5. The highest BCUT2D eigenvalue weighted by Crippen LogP contribution is 2.68. The zero-order chi connectivity index (χ0) is 37.1. The number of aromatic nitrogens is 1. The summed E-state index contributed by atoms with van der Waals surface area (Å²) in [4.78, 5) is 5.30. The molecule has 3 aliphatic rings. The van der Waals surface area contributed by atoms with Gasteiger partial charge in [0.15, 0.2) is 0 Å². The molecule has 1 nitrogen and oxygen atoms in total. The highest BCUT2D eigenvalue weighted by molar-refractivity contribution is 5.98. The quantitative estimate of drug-likeness (QED) is 0.167. The van der Waals surface area contributed by atoms with Gasteiger partial charge in [-0.2, -0.15) is 0 Å². The van der Waals surface area contributed by atoms with Gasteiger partial charge in [-0.15, -0.1) is 0 Å². The van der Waals surface area contributed by atoms with Crippen LogP contribution in [0.5, 0.6) is 0 Å². The SMILES string of the molecule is C1=C2C3=C(CC1)C(c1ccccc1)(c1ccc(-c4cc(-c5ccccc5)cc(-c5ccccc5)n4)cc1)c1ccccc1C3(c1ccccc1)c1ccccc12. The predicted molar refractivity (Wildman–Crippen MR) is 230 cm³/mol. The second kappa shape index (κ2) is 12.9. The van der Waals surface area contributed by atoms with Crippen LogP contribution in [0.25, 0.3) is 39.2 Å². The van der Waals surface area contributed by atoms with Gasteiger partial charge in [0.1, 0.15) is 0 Å². The first-order chi connectivity index (χ1) is 27.8. The second-order valence-electron chi connectivity index (χ2n) is 15.3. The number of benzene rings is 7. The molecule has 11 rings (SSSR count). The van der Waals surface area contributed by atoms with E-state index in [0.29, 0.717) is 0 Å². The van der Waals surface area contributed by atoms with E-state index in [-0.39, 0.29) is 0 Å². The molecule has 56 heavy (non-hydrogen) atoms. The fourth-order valence-corrected chi connectivity index (χ4v) is 10.3. The van der Waals surface area contributed by atoms with E-state index in [2.05, 4.69) is 212 Å². The molecule has 2 unspecified atom stereocenters. The van der Waals surface area contributed by atoms with Gasteiger partial charge in [0.25, 0.3) is 0 Å². The van der Waals surface area contributed by atoms with E-state index in [1.807, 2.05) is 0 Å². The van der Waals surface area contributed by atoms with Gasteiger partial charge in [0.05, 0.1) is 22.2 Å². The van der Waals surface area contributed by atoms with Crippen molar-refractivity contribution in [2.24, 2.45) is 0 Å². The highest BCUT2D eigenvalue weighted by Gasteiger charge is 2.59. The van der Waals surface area contributed by atoms with Crippen LogP contribution in [0.3, 0.4) is 0 Å². The van der Waals surface area contributed by atoms with Crippen molar-refractivity contribution in [3.8, 4) is 33.6 Å². The number of pyridine rings is 1. The standard InChI is InChI=1S/C55H39N/c1-5-18-38(19-6-1)41-36-51(39-20-7-2-8-21-39)56-52(37-41)40-32-34-44(35-33-40)54(42-22-9-3-10-23-42)48-29-15-16-30-49(48)55(43-24-11-4-12-25-43)47-28-14-13-26-45(47)46-27-17-31-50(54)53(46)55/h1-16,18-30,32-37H,17,31H2. The average Bonchev–Trinajstić information content (AvgIpc) is 3.60. The Morgan fingerprint density at radius 1 is 0.375 bits per heavy atom. The summed E-state index contributed by atoms with van der Waals surface area (Å²) in [5, 5.41) is 0. The fourth-order valence-electron chi connectivity index (χ4n) is 10.3.